The van der Waals surface area contributed by atoms with Gasteiger partial charge in [-0.25, -0.2) is 4.98 Å². The molecule has 3 rings (SSSR count). The van der Waals surface area contributed by atoms with E-state index < -0.39 is 0 Å². The Morgan fingerprint density at radius 1 is 1.26 bits per heavy atom. The van der Waals surface area contributed by atoms with Crippen LogP contribution in [0.5, 0.6) is 0 Å². The van der Waals surface area contributed by atoms with Crippen molar-refractivity contribution in [2.24, 2.45) is 0 Å². The molecule has 5 nitrogen and oxygen atoms in total. The molecule has 0 radical (unpaired) electrons. The minimum atomic E-state index is -0.215. The maximum absolute atomic E-state index is 12.1. The lowest BCUT2D eigenvalue weighted by Gasteiger charge is -2.24. The second-order valence-corrected chi connectivity index (χ2v) is 5.40. The van der Waals surface area contributed by atoms with Gasteiger partial charge in [-0.05, 0) is 29.8 Å². The lowest BCUT2D eigenvalue weighted by molar-refractivity contribution is 0.0277. The van der Waals surface area contributed by atoms with E-state index in [9.17, 15) is 4.79 Å². The van der Waals surface area contributed by atoms with Crippen LogP contribution in [0.3, 0.4) is 0 Å². The zero-order valence-corrected chi connectivity index (χ0v) is 13.9. The van der Waals surface area contributed by atoms with Gasteiger partial charge in [0.05, 0.1) is 18.3 Å². The third-order valence-electron chi connectivity index (χ3n) is 3.46. The fraction of sp³-hybridized carbons (Fsp3) is 0.250. The summed E-state index contributed by atoms with van der Waals surface area (Å²) >= 11 is 5.71. The van der Waals surface area contributed by atoms with Crippen LogP contribution in [-0.4, -0.2) is 30.6 Å². The number of morpholine rings is 1. The Balaban J connectivity index is 0.00000192. The Kier molecular flexibility index (Phi) is 6.36. The monoisotopic (exact) mass is 353 g/mol. The molecule has 2 heterocycles. The van der Waals surface area contributed by atoms with Gasteiger partial charge < -0.3 is 15.4 Å². The Bertz CT molecular complexity index is 641. The molecule has 1 fully saturated rings. The van der Waals surface area contributed by atoms with Crippen molar-refractivity contribution >= 4 is 35.6 Å². The molecular formula is C16H17Cl2N3O2. The second-order valence-electron chi connectivity index (χ2n) is 5.01. The number of carbonyl (C=O) groups is 1. The predicted octanol–water partition coefficient (Wildman–Crippen LogP) is 3.07. The molecule has 0 aliphatic carbocycles. The molecular weight excluding hydrogens is 337 g/mol. The van der Waals surface area contributed by atoms with E-state index in [4.69, 9.17) is 16.3 Å². The van der Waals surface area contributed by atoms with Crippen molar-refractivity contribution in [3.8, 4) is 0 Å². The molecule has 0 spiro atoms. The van der Waals surface area contributed by atoms with E-state index in [1.54, 1.807) is 12.1 Å². The van der Waals surface area contributed by atoms with Crippen molar-refractivity contribution in [3.63, 3.8) is 0 Å². The summed E-state index contributed by atoms with van der Waals surface area (Å²) in [5.74, 6) is -0.215. The Morgan fingerprint density at radius 3 is 2.65 bits per heavy atom. The number of rotatable bonds is 3. The van der Waals surface area contributed by atoms with Gasteiger partial charge in [0.1, 0.15) is 5.15 Å². The number of pyridine rings is 1. The molecule has 0 bridgehead atoms. The highest BCUT2D eigenvalue weighted by Gasteiger charge is 2.15. The number of amides is 1. The third-order valence-corrected chi connectivity index (χ3v) is 3.68. The number of ether oxygens (including phenoxy) is 1. The molecule has 1 saturated heterocycles. The molecule has 1 aliphatic rings. The largest absolute Gasteiger partial charge is 0.371 e. The van der Waals surface area contributed by atoms with Gasteiger partial charge in [-0.1, -0.05) is 23.7 Å². The summed E-state index contributed by atoms with van der Waals surface area (Å²) < 4.78 is 5.69. The number of benzene rings is 1. The second kappa shape index (κ2) is 8.26. The number of nitrogens with one attached hydrogen (secondary N) is 2. The molecule has 0 saturated carbocycles. The van der Waals surface area contributed by atoms with Crippen molar-refractivity contribution in [1.29, 1.82) is 0 Å². The maximum Gasteiger partial charge on any atom is 0.257 e. The first-order chi connectivity index (χ1) is 10.7. The first-order valence-electron chi connectivity index (χ1n) is 7.07. The van der Waals surface area contributed by atoms with E-state index in [-0.39, 0.29) is 24.4 Å². The summed E-state index contributed by atoms with van der Waals surface area (Å²) in [5, 5.41) is 6.49. The van der Waals surface area contributed by atoms with Crippen LogP contribution in [0.1, 0.15) is 22.0 Å². The summed E-state index contributed by atoms with van der Waals surface area (Å²) in [6, 6.07) is 10.9. The lowest BCUT2D eigenvalue weighted by Crippen LogP contribution is -2.33. The zero-order valence-electron chi connectivity index (χ0n) is 12.3. The molecule has 2 N–H and O–H groups in total. The summed E-state index contributed by atoms with van der Waals surface area (Å²) in [6.07, 6.45) is 1.52. The summed E-state index contributed by atoms with van der Waals surface area (Å²) in [4.78, 5) is 16.0. The van der Waals surface area contributed by atoms with Crippen molar-refractivity contribution in [1.82, 2.24) is 10.3 Å². The molecule has 1 atom stereocenters. The fourth-order valence-corrected chi connectivity index (χ4v) is 2.39. The van der Waals surface area contributed by atoms with Gasteiger partial charge in [0.15, 0.2) is 0 Å². The van der Waals surface area contributed by atoms with Gasteiger partial charge in [0, 0.05) is 25.0 Å². The lowest BCUT2D eigenvalue weighted by atomic mass is 10.1. The maximum atomic E-state index is 12.1. The van der Waals surface area contributed by atoms with Gasteiger partial charge in [-0.2, -0.15) is 0 Å². The topological polar surface area (TPSA) is 63.2 Å². The van der Waals surface area contributed by atoms with Crippen molar-refractivity contribution in [2.45, 2.75) is 6.10 Å². The number of halogens is 2. The first kappa shape index (κ1) is 17.7. The number of nitrogens with zero attached hydrogens (tertiary/aromatic N) is 1. The number of hydrogen-bond acceptors (Lipinski definition) is 4. The van der Waals surface area contributed by atoms with Crippen molar-refractivity contribution < 1.29 is 9.53 Å². The third kappa shape index (κ3) is 4.65. The molecule has 1 aromatic carbocycles. The van der Waals surface area contributed by atoms with Crippen LogP contribution in [-0.2, 0) is 4.74 Å². The highest BCUT2D eigenvalue weighted by molar-refractivity contribution is 6.29. The van der Waals surface area contributed by atoms with E-state index in [2.05, 4.69) is 15.6 Å². The van der Waals surface area contributed by atoms with Crippen molar-refractivity contribution in [3.05, 3.63) is 58.9 Å². The number of hydrogen-bond donors (Lipinski definition) is 2. The van der Waals surface area contributed by atoms with E-state index >= 15 is 0 Å². The average molecular weight is 354 g/mol. The standard InChI is InChI=1S/C16H16ClN3O2.ClH/c17-15-6-3-12(9-19-15)16(21)20-13-4-1-11(2-5-13)14-10-18-7-8-22-14;/h1-6,9,14,18H,7-8,10H2,(H,20,21);1H/t14-;/m1./s1. The number of aromatic nitrogens is 1. The zero-order chi connectivity index (χ0) is 15.4. The quantitative estimate of drug-likeness (QED) is 0.832. The first-order valence-corrected chi connectivity index (χ1v) is 7.45. The molecule has 1 aliphatic heterocycles. The van der Waals surface area contributed by atoms with E-state index in [1.165, 1.54) is 6.20 Å². The molecule has 2 aromatic rings. The molecule has 122 valence electrons. The molecule has 1 amide bonds. The van der Waals surface area contributed by atoms with Crippen molar-refractivity contribution in [2.75, 3.05) is 25.0 Å². The van der Waals surface area contributed by atoms with Gasteiger partial charge >= 0.3 is 0 Å². The van der Waals surface area contributed by atoms with Gasteiger partial charge in [-0.3, -0.25) is 4.79 Å². The molecule has 0 unspecified atom stereocenters. The van der Waals surface area contributed by atoms with Gasteiger partial charge in [0.25, 0.3) is 5.91 Å². The van der Waals surface area contributed by atoms with E-state index in [0.717, 1.165) is 24.3 Å². The molecule has 1 aromatic heterocycles. The van der Waals surface area contributed by atoms with Gasteiger partial charge in [-0.15, -0.1) is 12.4 Å². The van der Waals surface area contributed by atoms with Crippen LogP contribution in [0.15, 0.2) is 42.6 Å². The summed E-state index contributed by atoms with van der Waals surface area (Å²) in [6.45, 7) is 2.41. The fourth-order valence-electron chi connectivity index (χ4n) is 2.27. The van der Waals surface area contributed by atoms with Crippen LogP contribution in [0, 0.1) is 0 Å². The van der Waals surface area contributed by atoms with Crippen LogP contribution < -0.4 is 10.6 Å². The van der Waals surface area contributed by atoms with Crippen LogP contribution in [0.2, 0.25) is 5.15 Å². The highest BCUT2D eigenvalue weighted by atomic mass is 35.5. The predicted molar refractivity (Wildman–Crippen MR) is 92.5 cm³/mol. The number of anilines is 1. The van der Waals surface area contributed by atoms with Gasteiger partial charge in [0.2, 0.25) is 0 Å². The summed E-state index contributed by atoms with van der Waals surface area (Å²) in [7, 11) is 0. The number of carbonyl (C=O) groups excluding carboxylic acids is 1. The minimum absolute atomic E-state index is 0. The van der Waals surface area contributed by atoms with Crippen LogP contribution in [0.4, 0.5) is 5.69 Å². The average Bonchev–Trinajstić information content (AvgIpc) is 2.57. The Labute approximate surface area is 145 Å². The molecule has 7 heteroatoms. The smallest absolute Gasteiger partial charge is 0.257 e. The normalized spacial score (nSPS) is 17.2. The van der Waals surface area contributed by atoms with Crippen LogP contribution >= 0.6 is 24.0 Å². The Morgan fingerprint density at radius 2 is 2.04 bits per heavy atom. The Hall–Kier alpha value is -1.66. The molecule has 23 heavy (non-hydrogen) atoms. The SMILES string of the molecule is Cl.O=C(Nc1ccc([C@H]2CNCCO2)cc1)c1ccc(Cl)nc1. The van der Waals surface area contributed by atoms with E-state index in [0.29, 0.717) is 17.3 Å². The minimum Gasteiger partial charge on any atom is -0.371 e. The van der Waals surface area contributed by atoms with Crippen LogP contribution in [0.25, 0.3) is 0 Å². The highest BCUT2D eigenvalue weighted by Crippen LogP contribution is 2.21. The summed E-state index contributed by atoms with van der Waals surface area (Å²) in [5.41, 5.74) is 2.29. The van der Waals surface area contributed by atoms with E-state index in [1.807, 2.05) is 24.3 Å².